The Labute approximate surface area is 128 Å². The second-order valence-corrected chi connectivity index (χ2v) is 7.07. The van der Waals surface area contributed by atoms with E-state index in [2.05, 4.69) is 10.3 Å². The summed E-state index contributed by atoms with van der Waals surface area (Å²) >= 11 is 0. The Morgan fingerprint density at radius 2 is 2.05 bits per heavy atom. The molecule has 1 aromatic carbocycles. The highest BCUT2D eigenvalue weighted by molar-refractivity contribution is 7.89. The van der Waals surface area contributed by atoms with Crippen molar-refractivity contribution in [3.63, 3.8) is 0 Å². The fraction of sp³-hybridized carbons (Fsp3) is 0.267. The first-order valence-electron chi connectivity index (χ1n) is 6.98. The average Bonchev–Trinajstić information content (AvgIpc) is 2.98. The van der Waals surface area contributed by atoms with E-state index < -0.39 is 15.8 Å². The van der Waals surface area contributed by atoms with Crippen LogP contribution in [-0.4, -0.2) is 36.8 Å². The fourth-order valence-electron chi connectivity index (χ4n) is 2.54. The molecule has 0 amide bonds. The van der Waals surface area contributed by atoms with E-state index in [0.29, 0.717) is 19.5 Å². The molecule has 0 saturated carbocycles. The normalized spacial score (nSPS) is 19.2. The third kappa shape index (κ3) is 2.95. The average molecular weight is 321 g/mol. The van der Waals surface area contributed by atoms with Gasteiger partial charge in [-0.15, -0.1) is 0 Å². The molecule has 1 aromatic heterocycles. The number of nitrogens with zero attached hydrogens (tertiary/aromatic N) is 2. The van der Waals surface area contributed by atoms with E-state index in [4.69, 9.17) is 0 Å². The quantitative estimate of drug-likeness (QED) is 0.937. The van der Waals surface area contributed by atoms with E-state index in [9.17, 15) is 12.8 Å². The molecule has 0 spiro atoms. The van der Waals surface area contributed by atoms with Crippen molar-refractivity contribution in [1.29, 1.82) is 0 Å². The summed E-state index contributed by atoms with van der Waals surface area (Å²) in [7, 11) is -3.79. The zero-order valence-corrected chi connectivity index (χ0v) is 12.6. The van der Waals surface area contributed by atoms with E-state index in [0.717, 1.165) is 11.8 Å². The Balaban J connectivity index is 1.74. The first kappa shape index (κ1) is 14.9. The van der Waals surface area contributed by atoms with Crippen molar-refractivity contribution in [2.45, 2.75) is 17.4 Å². The van der Waals surface area contributed by atoms with E-state index in [1.165, 1.54) is 22.5 Å². The molecule has 1 N–H and O–H groups in total. The maximum atomic E-state index is 13.8. The van der Waals surface area contributed by atoms with E-state index in [-0.39, 0.29) is 10.9 Å². The summed E-state index contributed by atoms with van der Waals surface area (Å²) in [5.41, 5.74) is 0.845. The number of aromatic nitrogens is 1. The number of anilines is 1. The number of hydrogen-bond acceptors (Lipinski definition) is 4. The predicted molar refractivity (Wildman–Crippen MR) is 81.4 cm³/mol. The van der Waals surface area contributed by atoms with Gasteiger partial charge in [0.1, 0.15) is 10.7 Å². The van der Waals surface area contributed by atoms with Gasteiger partial charge in [-0.05, 0) is 30.7 Å². The third-order valence-electron chi connectivity index (χ3n) is 3.64. The lowest BCUT2D eigenvalue weighted by atomic mass is 10.2. The summed E-state index contributed by atoms with van der Waals surface area (Å²) < 4.78 is 40.1. The van der Waals surface area contributed by atoms with E-state index >= 15 is 0 Å². The lowest BCUT2D eigenvalue weighted by Crippen LogP contribution is -2.32. The molecular weight excluding hydrogens is 305 g/mol. The lowest BCUT2D eigenvalue weighted by Gasteiger charge is -2.18. The van der Waals surface area contributed by atoms with Gasteiger partial charge in [0.25, 0.3) is 0 Å². The first-order valence-corrected chi connectivity index (χ1v) is 8.42. The summed E-state index contributed by atoms with van der Waals surface area (Å²) in [5, 5.41) is 3.25. The number of pyridine rings is 1. The van der Waals surface area contributed by atoms with Crippen LogP contribution in [0.2, 0.25) is 0 Å². The minimum atomic E-state index is -3.79. The van der Waals surface area contributed by atoms with Gasteiger partial charge in [-0.25, -0.2) is 12.8 Å². The van der Waals surface area contributed by atoms with Crippen LogP contribution >= 0.6 is 0 Å². The molecule has 116 valence electrons. The molecule has 3 rings (SSSR count). The molecule has 5 nitrogen and oxygen atoms in total. The molecule has 1 fully saturated rings. The van der Waals surface area contributed by atoms with Gasteiger partial charge < -0.3 is 5.32 Å². The molecule has 0 radical (unpaired) electrons. The van der Waals surface area contributed by atoms with Crippen LogP contribution < -0.4 is 5.32 Å². The van der Waals surface area contributed by atoms with E-state index in [1.54, 1.807) is 12.4 Å². The van der Waals surface area contributed by atoms with Crippen molar-refractivity contribution >= 4 is 15.7 Å². The molecule has 1 saturated heterocycles. The van der Waals surface area contributed by atoms with Gasteiger partial charge in [-0.2, -0.15) is 4.31 Å². The molecular formula is C15H16FN3O2S. The molecule has 1 atom stereocenters. The molecule has 1 aliphatic rings. The summed E-state index contributed by atoms with van der Waals surface area (Å²) in [4.78, 5) is 3.74. The highest BCUT2D eigenvalue weighted by Gasteiger charge is 2.33. The fourth-order valence-corrected chi connectivity index (χ4v) is 4.11. The van der Waals surface area contributed by atoms with Crippen LogP contribution in [0, 0.1) is 5.82 Å². The Morgan fingerprint density at radius 1 is 1.23 bits per heavy atom. The van der Waals surface area contributed by atoms with Crippen LogP contribution in [0.4, 0.5) is 10.1 Å². The standard InChI is InChI=1S/C15H16FN3O2S/c16-14-5-1-2-6-15(14)22(20,21)19-9-7-13(11-19)18-12-4-3-8-17-10-12/h1-6,8,10,13,18H,7,9,11H2. The van der Waals surface area contributed by atoms with Crippen LogP contribution in [-0.2, 0) is 10.0 Å². The van der Waals surface area contributed by atoms with Gasteiger partial charge in [0.15, 0.2) is 0 Å². The highest BCUT2D eigenvalue weighted by Crippen LogP contribution is 2.24. The number of benzene rings is 1. The van der Waals surface area contributed by atoms with Crippen LogP contribution in [0.25, 0.3) is 0 Å². The minimum absolute atomic E-state index is 0.00857. The molecule has 2 aromatic rings. The Kier molecular flexibility index (Phi) is 4.08. The summed E-state index contributed by atoms with van der Waals surface area (Å²) in [5.74, 6) is -0.717. The molecule has 7 heteroatoms. The van der Waals surface area contributed by atoms with Crippen molar-refractivity contribution in [1.82, 2.24) is 9.29 Å². The second-order valence-electron chi connectivity index (χ2n) is 5.17. The molecule has 1 unspecified atom stereocenters. The van der Waals surface area contributed by atoms with Crippen LogP contribution in [0.1, 0.15) is 6.42 Å². The Hall–Kier alpha value is -1.99. The summed E-state index contributed by atoms with van der Waals surface area (Å²) in [6.07, 6.45) is 4.03. The maximum absolute atomic E-state index is 13.8. The second kappa shape index (κ2) is 6.02. The predicted octanol–water partition coefficient (Wildman–Crippen LogP) is 2.10. The molecule has 2 heterocycles. The van der Waals surface area contributed by atoms with Crippen LogP contribution in [0.5, 0.6) is 0 Å². The Morgan fingerprint density at radius 3 is 2.77 bits per heavy atom. The van der Waals surface area contributed by atoms with Gasteiger partial charge in [0.05, 0.1) is 5.69 Å². The molecule has 0 aliphatic carbocycles. The van der Waals surface area contributed by atoms with Crippen molar-refractivity contribution < 1.29 is 12.8 Å². The number of nitrogens with one attached hydrogen (secondary N) is 1. The molecule has 0 bridgehead atoms. The number of halogens is 1. The monoisotopic (exact) mass is 321 g/mol. The van der Waals surface area contributed by atoms with Crippen molar-refractivity contribution in [3.05, 3.63) is 54.6 Å². The van der Waals surface area contributed by atoms with Gasteiger partial charge in [0, 0.05) is 31.5 Å². The molecule has 1 aliphatic heterocycles. The smallest absolute Gasteiger partial charge is 0.246 e. The zero-order valence-electron chi connectivity index (χ0n) is 11.8. The molecule has 22 heavy (non-hydrogen) atoms. The SMILES string of the molecule is O=S(=O)(c1ccccc1F)N1CCC(Nc2cccnc2)C1. The summed E-state index contributed by atoms with van der Waals surface area (Å²) in [6, 6.07) is 9.14. The number of sulfonamides is 1. The van der Waals surface area contributed by atoms with Crippen molar-refractivity contribution in [2.75, 3.05) is 18.4 Å². The van der Waals surface area contributed by atoms with Gasteiger partial charge in [0.2, 0.25) is 10.0 Å². The largest absolute Gasteiger partial charge is 0.380 e. The third-order valence-corrected chi connectivity index (χ3v) is 5.54. The van der Waals surface area contributed by atoms with Crippen LogP contribution in [0.3, 0.4) is 0 Å². The highest BCUT2D eigenvalue weighted by atomic mass is 32.2. The number of rotatable bonds is 4. The van der Waals surface area contributed by atoms with Gasteiger partial charge in [-0.1, -0.05) is 12.1 Å². The van der Waals surface area contributed by atoms with Gasteiger partial charge in [-0.3, -0.25) is 4.98 Å². The maximum Gasteiger partial charge on any atom is 0.246 e. The van der Waals surface area contributed by atoms with Crippen molar-refractivity contribution in [2.24, 2.45) is 0 Å². The first-order chi connectivity index (χ1) is 10.6. The number of hydrogen-bond donors (Lipinski definition) is 1. The van der Waals surface area contributed by atoms with E-state index in [1.807, 2.05) is 12.1 Å². The minimum Gasteiger partial charge on any atom is -0.380 e. The van der Waals surface area contributed by atoms with Crippen molar-refractivity contribution in [3.8, 4) is 0 Å². The van der Waals surface area contributed by atoms with Gasteiger partial charge >= 0.3 is 0 Å². The Bertz CT molecular complexity index is 752. The zero-order chi connectivity index (χ0) is 15.6. The lowest BCUT2D eigenvalue weighted by molar-refractivity contribution is 0.467. The summed E-state index contributed by atoms with van der Waals surface area (Å²) in [6.45, 7) is 0.681. The topological polar surface area (TPSA) is 62.3 Å². The van der Waals surface area contributed by atoms with Crippen LogP contribution in [0.15, 0.2) is 53.7 Å².